The third-order valence-electron chi connectivity index (χ3n) is 3.46. The Bertz CT molecular complexity index is 522. The summed E-state index contributed by atoms with van der Waals surface area (Å²) in [4.78, 5) is 0. The normalized spacial score (nSPS) is 23.1. The molecule has 1 aromatic carbocycles. The number of hydrogen-bond acceptors (Lipinski definition) is 3. The van der Waals surface area contributed by atoms with Crippen molar-refractivity contribution in [2.24, 2.45) is 5.73 Å². The first kappa shape index (κ1) is 14.7. The molecule has 108 valence electrons. The molecule has 0 radical (unpaired) electrons. The first-order valence-electron chi connectivity index (χ1n) is 6.45. The van der Waals surface area contributed by atoms with Crippen LogP contribution in [0.3, 0.4) is 0 Å². The van der Waals surface area contributed by atoms with Crippen LogP contribution < -0.4 is 10.5 Å². The van der Waals surface area contributed by atoms with Gasteiger partial charge < -0.3 is 10.5 Å². The number of nitrogens with zero attached hydrogens (tertiary/aromatic N) is 1. The third-order valence-corrected chi connectivity index (χ3v) is 3.46. The van der Waals surface area contributed by atoms with Crippen LogP contribution in [0.15, 0.2) is 18.2 Å². The molecule has 0 aliphatic heterocycles. The Balaban J connectivity index is 2.22. The van der Waals surface area contributed by atoms with Gasteiger partial charge in [0.1, 0.15) is 17.9 Å². The average Bonchev–Trinajstić information content (AvgIpc) is 2.40. The fourth-order valence-electron chi connectivity index (χ4n) is 2.33. The van der Waals surface area contributed by atoms with E-state index in [1.165, 1.54) is 6.07 Å². The van der Waals surface area contributed by atoms with E-state index >= 15 is 0 Å². The van der Waals surface area contributed by atoms with Gasteiger partial charge in [0.2, 0.25) is 0 Å². The highest BCUT2D eigenvalue weighted by molar-refractivity contribution is 5.46. The van der Waals surface area contributed by atoms with E-state index in [9.17, 15) is 13.2 Å². The maximum atomic E-state index is 12.6. The van der Waals surface area contributed by atoms with E-state index in [4.69, 9.17) is 15.7 Å². The minimum Gasteiger partial charge on any atom is -0.487 e. The highest BCUT2D eigenvalue weighted by Gasteiger charge is 2.32. The van der Waals surface area contributed by atoms with Crippen LogP contribution in [0, 0.1) is 11.3 Å². The summed E-state index contributed by atoms with van der Waals surface area (Å²) in [5.41, 5.74) is 4.96. The molecule has 20 heavy (non-hydrogen) atoms. The van der Waals surface area contributed by atoms with Crippen molar-refractivity contribution < 1.29 is 17.9 Å². The smallest absolute Gasteiger partial charge is 0.416 e. The van der Waals surface area contributed by atoms with Crippen molar-refractivity contribution in [2.45, 2.75) is 44.0 Å². The van der Waals surface area contributed by atoms with Crippen LogP contribution in [0.1, 0.15) is 36.8 Å². The molecule has 1 aliphatic rings. The summed E-state index contributed by atoms with van der Waals surface area (Å²) in [5, 5.41) is 8.98. The largest absolute Gasteiger partial charge is 0.487 e. The van der Waals surface area contributed by atoms with Gasteiger partial charge in [-0.15, -0.1) is 0 Å². The van der Waals surface area contributed by atoms with E-state index in [0.29, 0.717) is 0 Å². The molecule has 0 spiro atoms. The Morgan fingerprint density at radius 1 is 1.25 bits per heavy atom. The Morgan fingerprint density at radius 2 is 1.95 bits per heavy atom. The average molecular weight is 284 g/mol. The number of alkyl halides is 3. The third kappa shape index (κ3) is 3.23. The van der Waals surface area contributed by atoms with Gasteiger partial charge in [-0.1, -0.05) is 6.42 Å². The molecule has 2 unspecified atom stereocenters. The molecule has 2 rings (SSSR count). The number of rotatable bonds is 2. The SMILES string of the molecule is N#Cc1cc(C(F)(F)F)ccc1OC1CCCCC1N. The Morgan fingerprint density at radius 3 is 2.55 bits per heavy atom. The second-order valence-corrected chi connectivity index (χ2v) is 4.93. The predicted octanol–water partition coefficient (Wildman–Crippen LogP) is 3.23. The summed E-state index contributed by atoms with van der Waals surface area (Å²) >= 11 is 0. The lowest BCUT2D eigenvalue weighted by Gasteiger charge is -2.29. The number of halogens is 3. The molecule has 0 bridgehead atoms. The minimum atomic E-state index is -4.47. The maximum absolute atomic E-state index is 12.6. The summed E-state index contributed by atoms with van der Waals surface area (Å²) in [6.07, 6.45) is -1.13. The minimum absolute atomic E-state index is 0.113. The molecular formula is C14H15F3N2O. The fourth-order valence-corrected chi connectivity index (χ4v) is 2.33. The zero-order valence-electron chi connectivity index (χ0n) is 10.8. The van der Waals surface area contributed by atoms with E-state index in [2.05, 4.69) is 0 Å². The molecule has 0 aromatic heterocycles. The molecule has 3 nitrogen and oxygen atoms in total. The molecule has 2 N–H and O–H groups in total. The van der Waals surface area contributed by atoms with Crippen LogP contribution >= 0.6 is 0 Å². The van der Waals surface area contributed by atoms with Crippen LogP contribution in [-0.2, 0) is 6.18 Å². The molecule has 1 aromatic rings. The van der Waals surface area contributed by atoms with Crippen LogP contribution in [0.25, 0.3) is 0 Å². The lowest BCUT2D eigenvalue weighted by molar-refractivity contribution is -0.137. The second-order valence-electron chi connectivity index (χ2n) is 4.93. The summed E-state index contributed by atoms with van der Waals surface area (Å²) in [6, 6.07) is 4.53. The van der Waals surface area contributed by atoms with Crippen LogP contribution in [0.4, 0.5) is 13.2 Å². The number of benzene rings is 1. The van der Waals surface area contributed by atoms with Crippen molar-refractivity contribution in [3.05, 3.63) is 29.3 Å². The monoisotopic (exact) mass is 284 g/mol. The lowest BCUT2D eigenvalue weighted by atomic mass is 9.93. The highest BCUT2D eigenvalue weighted by Crippen LogP contribution is 2.33. The van der Waals surface area contributed by atoms with Crippen molar-refractivity contribution in [1.82, 2.24) is 0 Å². The Hall–Kier alpha value is -1.74. The van der Waals surface area contributed by atoms with Crippen LogP contribution in [0.2, 0.25) is 0 Å². The van der Waals surface area contributed by atoms with E-state index in [1.807, 2.05) is 0 Å². The summed E-state index contributed by atoms with van der Waals surface area (Å²) in [5.74, 6) is 0.169. The summed E-state index contributed by atoms with van der Waals surface area (Å²) < 4.78 is 43.4. The zero-order valence-corrected chi connectivity index (χ0v) is 10.8. The van der Waals surface area contributed by atoms with E-state index < -0.39 is 11.7 Å². The van der Waals surface area contributed by atoms with Gasteiger partial charge in [0, 0.05) is 6.04 Å². The van der Waals surface area contributed by atoms with Crippen molar-refractivity contribution in [3.8, 4) is 11.8 Å². The van der Waals surface area contributed by atoms with Crippen molar-refractivity contribution in [1.29, 1.82) is 5.26 Å². The molecule has 0 amide bonds. The second kappa shape index (κ2) is 5.71. The van der Waals surface area contributed by atoms with Gasteiger partial charge in [0.25, 0.3) is 0 Å². The summed E-state index contributed by atoms with van der Waals surface area (Å²) in [6.45, 7) is 0. The van der Waals surface area contributed by atoms with Crippen molar-refractivity contribution >= 4 is 0 Å². The molecule has 1 saturated carbocycles. The quantitative estimate of drug-likeness (QED) is 0.907. The van der Waals surface area contributed by atoms with E-state index in [-0.39, 0.29) is 23.5 Å². The Labute approximate surface area is 115 Å². The molecule has 0 saturated heterocycles. The van der Waals surface area contributed by atoms with Gasteiger partial charge in [-0.2, -0.15) is 18.4 Å². The molecule has 2 atom stereocenters. The van der Waals surface area contributed by atoms with Crippen molar-refractivity contribution in [2.75, 3.05) is 0 Å². The number of hydrogen-bond donors (Lipinski definition) is 1. The van der Waals surface area contributed by atoms with Gasteiger partial charge in [0.15, 0.2) is 0 Å². The predicted molar refractivity (Wildman–Crippen MR) is 67.0 cm³/mol. The topological polar surface area (TPSA) is 59.0 Å². The van der Waals surface area contributed by atoms with Gasteiger partial charge in [0.05, 0.1) is 11.1 Å². The van der Waals surface area contributed by atoms with Gasteiger partial charge in [-0.3, -0.25) is 0 Å². The molecule has 6 heteroatoms. The molecular weight excluding hydrogens is 269 g/mol. The van der Waals surface area contributed by atoms with Crippen LogP contribution in [0.5, 0.6) is 5.75 Å². The van der Waals surface area contributed by atoms with E-state index in [1.54, 1.807) is 6.07 Å². The highest BCUT2D eigenvalue weighted by atomic mass is 19.4. The molecule has 0 heterocycles. The van der Waals surface area contributed by atoms with Crippen LogP contribution in [-0.4, -0.2) is 12.1 Å². The standard InChI is InChI=1S/C14H15F3N2O/c15-14(16,17)10-5-6-12(9(7-10)8-18)20-13-4-2-1-3-11(13)19/h5-7,11,13H,1-4,19H2. The summed E-state index contributed by atoms with van der Waals surface area (Å²) in [7, 11) is 0. The van der Waals surface area contributed by atoms with Gasteiger partial charge in [-0.25, -0.2) is 0 Å². The maximum Gasteiger partial charge on any atom is 0.416 e. The van der Waals surface area contributed by atoms with Gasteiger partial charge >= 0.3 is 6.18 Å². The number of nitriles is 1. The zero-order chi connectivity index (χ0) is 14.8. The Kier molecular flexibility index (Phi) is 4.19. The number of ether oxygens (including phenoxy) is 1. The number of nitrogens with two attached hydrogens (primary N) is 1. The first-order valence-corrected chi connectivity index (χ1v) is 6.45. The fraction of sp³-hybridized carbons (Fsp3) is 0.500. The first-order chi connectivity index (χ1) is 9.41. The molecule has 1 aliphatic carbocycles. The molecule has 1 fully saturated rings. The lowest BCUT2D eigenvalue weighted by Crippen LogP contribution is -2.41. The van der Waals surface area contributed by atoms with Crippen molar-refractivity contribution in [3.63, 3.8) is 0 Å². The van der Waals surface area contributed by atoms with Gasteiger partial charge in [-0.05, 0) is 37.5 Å². The van der Waals surface area contributed by atoms with E-state index in [0.717, 1.165) is 37.8 Å².